The number of carbonyl (C=O) groups excluding carboxylic acids is 1. The minimum Gasteiger partial charge on any atom is -0.302 e. The van der Waals surface area contributed by atoms with Crippen LogP contribution in [0, 0.1) is 29.1 Å². The first-order valence-corrected chi connectivity index (χ1v) is 11.0. The highest BCUT2D eigenvalue weighted by Gasteiger charge is 2.64. The van der Waals surface area contributed by atoms with Crippen molar-refractivity contribution in [3.8, 4) is 11.1 Å². The van der Waals surface area contributed by atoms with Gasteiger partial charge in [-0.15, -0.1) is 0 Å². The van der Waals surface area contributed by atoms with Gasteiger partial charge in [-0.3, -0.25) is 9.78 Å². The first-order valence-electron chi connectivity index (χ1n) is 10.2. The number of anilines is 1. The molecule has 142 valence electrons. The number of nitrogens with one attached hydrogen (secondary N) is 1. The molecule has 3 aliphatic carbocycles. The Balaban J connectivity index is 1.19. The van der Waals surface area contributed by atoms with E-state index in [1.54, 1.807) is 23.7 Å². The lowest BCUT2D eigenvalue weighted by atomic mass is 9.35. The van der Waals surface area contributed by atoms with Gasteiger partial charge in [0.25, 0.3) is 0 Å². The molecule has 0 aliphatic heterocycles. The number of amides is 1. The summed E-state index contributed by atoms with van der Waals surface area (Å²) in [6.45, 7) is 2.44. The summed E-state index contributed by atoms with van der Waals surface area (Å²) in [6, 6.07) is 10.3. The van der Waals surface area contributed by atoms with E-state index >= 15 is 0 Å². The molecule has 0 radical (unpaired) electrons. The number of hydrogen-bond acceptors (Lipinski definition) is 4. The van der Waals surface area contributed by atoms with Gasteiger partial charge in [0.1, 0.15) is 0 Å². The van der Waals surface area contributed by atoms with Crippen molar-refractivity contribution in [3.05, 3.63) is 42.7 Å². The van der Waals surface area contributed by atoms with Gasteiger partial charge in [-0.2, -0.15) is 0 Å². The quantitative estimate of drug-likeness (QED) is 0.655. The smallest absolute Gasteiger partial charge is 0.229 e. The van der Waals surface area contributed by atoms with E-state index in [0.29, 0.717) is 5.41 Å². The maximum absolute atomic E-state index is 12.9. The van der Waals surface area contributed by atoms with Crippen LogP contribution in [-0.4, -0.2) is 15.9 Å². The van der Waals surface area contributed by atoms with E-state index in [1.165, 1.54) is 12.8 Å². The maximum atomic E-state index is 12.9. The molecule has 1 amide bonds. The molecule has 1 N–H and O–H groups in total. The van der Waals surface area contributed by atoms with Crippen LogP contribution in [0.3, 0.4) is 0 Å². The molecule has 3 aromatic rings. The van der Waals surface area contributed by atoms with Crippen molar-refractivity contribution in [1.29, 1.82) is 0 Å². The Morgan fingerprint density at radius 3 is 2.57 bits per heavy atom. The second-order valence-electron chi connectivity index (χ2n) is 9.20. The molecular formula is C23H23N3OS. The molecule has 6 rings (SSSR count). The average molecular weight is 390 g/mol. The number of fused-ring (bicyclic) bond motifs is 1. The SMILES string of the molecule is CC12C[C@H]3CC(C(=O)Nc4nc5ccc(-c6ccncc6)cc5s4)C[C@@H](C1)C32. The van der Waals surface area contributed by atoms with Crippen LogP contribution in [0.1, 0.15) is 32.6 Å². The molecule has 3 saturated carbocycles. The second-order valence-corrected chi connectivity index (χ2v) is 10.2. The van der Waals surface area contributed by atoms with Gasteiger partial charge in [0.15, 0.2) is 5.13 Å². The summed E-state index contributed by atoms with van der Waals surface area (Å²) < 4.78 is 1.10. The van der Waals surface area contributed by atoms with Crippen molar-refractivity contribution in [2.45, 2.75) is 32.6 Å². The molecule has 3 unspecified atom stereocenters. The van der Waals surface area contributed by atoms with Crippen molar-refractivity contribution < 1.29 is 4.79 Å². The third kappa shape index (κ3) is 2.45. The Hall–Kier alpha value is -2.27. The number of carbonyl (C=O) groups is 1. The van der Waals surface area contributed by atoms with Crippen LogP contribution in [0.25, 0.3) is 21.3 Å². The van der Waals surface area contributed by atoms with Gasteiger partial charge in [0.05, 0.1) is 10.2 Å². The monoisotopic (exact) mass is 389 g/mol. The second kappa shape index (κ2) is 5.86. The third-order valence-corrected chi connectivity index (χ3v) is 8.39. The zero-order valence-corrected chi connectivity index (χ0v) is 16.7. The lowest BCUT2D eigenvalue weighted by molar-refractivity contribution is -0.207. The topological polar surface area (TPSA) is 54.9 Å². The fraction of sp³-hybridized carbons (Fsp3) is 0.435. The highest BCUT2D eigenvalue weighted by molar-refractivity contribution is 7.22. The maximum Gasteiger partial charge on any atom is 0.229 e. The molecule has 5 atom stereocenters. The summed E-state index contributed by atoms with van der Waals surface area (Å²) >= 11 is 1.57. The van der Waals surface area contributed by atoms with Gasteiger partial charge >= 0.3 is 0 Å². The Morgan fingerprint density at radius 2 is 1.86 bits per heavy atom. The lowest BCUT2D eigenvalue weighted by Crippen LogP contribution is -2.63. The van der Waals surface area contributed by atoms with Crippen LogP contribution < -0.4 is 5.32 Å². The van der Waals surface area contributed by atoms with Crippen LogP contribution in [0.4, 0.5) is 5.13 Å². The van der Waals surface area contributed by atoms with Gasteiger partial charge in [-0.05, 0) is 84.2 Å². The van der Waals surface area contributed by atoms with Crippen LogP contribution in [0.15, 0.2) is 42.7 Å². The van der Waals surface area contributed by atoms with Crippen LogP contribution >= 0.6 is 11.3 Å². The van der Waals surface area contributed by atoms with Crippen molar-refractivity contribution >= 4 is 32.6 Å². The fourth-order valence-corrected chi connectivity index (χ4v) is 7.33. The third-order valence-electron chi connectivity index (χ3n) is 7.46. The molecule has 3 aliphatic rings. The van der Waals surface area contributed by atoms with Crippen molar-refractivity contribution in [1.82, 2.24) is 9.97 Å². The fourth-order valence-electron chi connectivity index (χ4n) is 6.42. The number of hydrogen-bond donors (Lipinski definition) is 1. The van der Waals surface area contributed by atoms with Gasteiger partial charge in [-0.25, -0.2) is 4.98 Å². The largest absolute Gasteiger partial charge is 0.302 e. The van der Waals surface area contributed by atoms with Gasteiger partial charge in [0.2, 0.25) is 5.91 Å². The summed E-state index contributed by atoms with van der Waals surface area (Å²) in [7, 11) is 0. The Bertz CT molecular complexity index is 1060. The van der Waals surface area contributed by atoms with Crippen LogP contribution in [-0.2, 0) is 4.79 Å². The molecule has 3 fully saturated rings. The van der Waals surface area contributed by atoms with Crippen LogP contribution in [0.5, 0.6) is 0 Å². The minimum atomic E-state index is 0.162. The number of nitrogens with zero attached hydrogens (tertiary/aromatic N) is 2. The first-order chi connectivity index (χ1) is 13.6. The van der Waals surface area contributed by atoms with E-state index in [4.69, 9.17) is 0 Å². The van der Waals surface area contributed by atoms with E-state index in [2.05, 4.69) is 34.3 Å². The number of rotatable bonds is 3. The molecule has 0 spiro atoms. The summed E-state index contributed by atoms with van der Waals surface area (Å²) in [5, 5.41) is 3.85. The Morgan fingerprint density at radius 1 is 1.11 bits per heavy atom. The predicted molar refractivity (Wildman–Crippen MR) is 112 cm³/mol. The van der Waals surface area contributed by atoms with E-state index < -0.39 is 0 Å². The number of benzene rings is 1. The molecule has 28 heavy (non-hydrogen) atoms. The zero-order chi connectivity index (χ0) is 18.9. The van der Waals surface area contributed by atoms with E-state index in [1.807, 2.05) is 18.2 Å². The first kappa shape index (κ1) is 16.7. The van der Waals surface area contributed by atoms with E-state index in [0.717, 1.165) is 57.1 Å². The average Bonchev–Trinajstić information content (AvgIpc) is 3.07. The van der Waals surface area contributed by atoms with Gasteiger partial charge in [-0.1, -0.05) is 24.3 Å². The van der Waals surface area contributed by atoms with Crippen molar-refractivity contribution in [2.24, 2.45) is 29.1 Å². The van der Waals surface area contributed by atoms with Crippen molar-refractivity contribution in [3.63, 3.8) is 0 Å². The molecule has 2 heterocycles. The molecule has 1 aromatic carbocycles. The molecule has 2 aromatic heterocycles. The molecule has 0 saturated heterocycles. The summed E-state index contributed by atoms with van der Waals surface area (Å²) in [6.07, 6.45) is 8.41. The number of aromatic nitrogens is 2. The summed E-state index contributed by atoms with van der Waals surface area (Å²) in [4.78, 5) is 21.6. The Kier molecular flexibility index (Phi) is 3.49. The Labute approximate surface area is 168 Å². The number of thiazole rings is 1. The highest BCUT2D eigenvalue weighted by Crippen LogP contribution is 2.71. The summed E-state index contributed by atoms with van der Waals surface area (Å²) in [5.74, 6) is 2.81. The van der Waals surface area contributed by atoms with Gasteiger partial charge < -0.3 is 5.32 Å². The van der Waals surface area contributed by atoms with Crippen LogP contribution in [0.2, 0.25) is 0 Å². The molecular weight excluding hydrogens is 366 g/mol. The minimum absolute atomic E-state index is 0.162. The molecule has 0 bridgehead atoms. The standard InChI is InChI=1S/C23H23N3OS/c1-23-11-16-8-15(9-17(12-23)20(16)23)21(27)26-22-25-18-3-2-14(10-19(18)28-22)13-4-6-24-7-5-13/h2-7,10,15-17,20H,8-9,11-12H2,1H3,(H,25,26,27)/t15?,16-,17+,20?,23?. The molecule has 5 heteroatoms. The normalized spacial score (nSPS) is 32.9. The van der Waals surface area contributed by atoms with Gasteiger partial charge in [0, 0.05) is 18.3 Å². The van der Waals surface area contributed by atoms with Crippen molar-refractivity contribution in [2.75, 3.05) is 5.32 Å². The predicted octanol–water partition coefficient (Wildman–Crippen LogP) is 5.37. The molecule has 4 nitrogen and oxygen atoms in total. The lowest BCUT2D eigenvalue weighted by Gasteiger charge is -2.70. The van der Waals surface area contributed by atoms with E-state index in [9.17, 15) is 4.79 Å². The highest BCUT2D eigenvalue weighted by atomic mass is 32.1. The van der Waals surface area contributed by atoms with E-state index in [-0.39, 0.29) is 11.8 Å². The summed E-state index contributed by atoms with van der Waals surface area (Å²) in [5.41, 5.74) is 3.85. The zero-order valence-electron chi connectivity index (χ0n) is 15.9. The number of pyridine rings is 1.